The summed E-state index contributed by atoms with van der Waals surface area (Å²) in [6, 6.07) is 3.82. The number of sulfonamides is 1. The maximum atomic E-state index is 12.2. The third kappa shape index (κ3) is 5.26. The molecule has 0 heterocycles. The number of carboxylic acid groups (broad SMARTS) is 1. The van der Waals surface area contributed by atoms with E-state index in [1.807, 2.05) is 0 Å². The minimum absolute atomic E-state index is 0.133. The van der Waals surface area contributed by atoms with Crippen molar-refractivity contribution in [3.8, 4) is 0 Å². The van der Waals surface area contributed by atoms with Crippen LogP contribution in [0.3, 0.4) is 0 Å². The largest absolute Gasteiger partial charge is 0.478 e. The summed E-state index contributed by atoms with van der Waals surface area (Å²) in [7, 11) is -2.35. The zero-order valence-corrected chi connectivity index (χ0v) is 13.0. The molecule has 0 aliphatic rings. The first-order valence-electron chi connectivity index (χ1n) is 6.63. The fourth-order valence-corrected chi connectivity index (χ4v) is 2.95. The standard InChI is InChI=1S/C13H20N2O6S/c1-21-8-2-5-14-11-4-3-10(13(17)18)9-12(11)22(19,20)15-6-7-16/h3-4,9,14-16H,2,5-8H2,1H3,(H,17,18). The maximum absolute atomic E-state index is 12.2. The van der Waals surface area contributed by atoms with Crippen LogP contribution in [0.5, 0.6) is 0 Å². The number of hydrogen-bond donors (Lipinski definition) is 4. The molecule has 0 aliphatic heterocycles. The van der Waals surface area contributed by atoms with Gasteiger partial charge in [0, 0.05) is 26.8 Å². The van der Waals surface area contributed by atoms with Crippen LogP contribution in [0.2, 0.25) is 0 Å². The summed E-state index contributed by atoms with van der Waals surface area (Å²) < 4.78 is 31.5. The minimum Gasteiger partial charge on any atom is -0.478 e. The molecule has 22 heavy (non-hydrogen) atoms. The molecule has 0 unspecified atom stereocenters. The van der Waals surface area contributed by atoms with Gasteiger partial charge < -0.3 is 20.3 Å². The lowest BCUT2D eigenvalue weighted by molar-refractivity contribution is 0.0696. The lowest BCUT2D eigenvalue weighted by Gasteiger charge is -2.13. The normalized spacial score (nSPS) is 11.4. The quantitative estimate of drug-likeness (QED) is 0.448. The van der Waals surface area contributed by atoms with E-state index in [9.17, 15) is 13.2 Å². The van der Waals surface area contributed by atoms with Crippen molar-refractivity contribution < 1.29 is 28.2 Å². The Balaban J connectivity index is 3.07. The number of ether oxygens (including phenoxy) is 1. The highest BCUT2D eigenvalue weighted by molar-refractivity contribution is 7.89. The van der Waals surface area contributed by atoms with E-state index in [0.29, 0.717) is 25.3 Å². The molecule has 0 atom stereocenters. The Morgan fingerprint density at radius 3 is 2.64 bits per heavy atom. The first-order valence-corrected chi connectivity index (χ1v) is 8.11. The first-order chi connectivity index (χ1) is 10.4. The molecule has 1 rings (SSSR count). The third-order valence-corrected chi connectivity index (χ3v) is 4.26. The molecule has 1 aromatic carbocycles. The molecule has 0 aromatic heterocycles. The van der Waals surface area contributed by atoms with Crippen molar-refractivity contribution >= 4 is 21.7 Å². The molecule has 0 saturated carbocycles. The summed E-state index contributed by atoms with van der Waals surface area (Å²) in [5, 5.41) is 20.7. The van der Waals surface area contributed by atoms with E-state index in [-0.39, 0.29) is 23.6 Å². The van der Waals surface area contributed by atoms with E-state index < -0.39 is 16.0 Å². The Hall–Kier alpha value is -1.68. The average molecular weight is 332 g/mol. The van der Waals surface area contributed by atoms with Crippen LogP contribution in [0.15, 0.2) is 23.1 Å². The van der Waals surface area contributed by atoms with Crippen LogP contribution in [0, 0.1) is 0 Å². The Kier molecular flexibility index (Phi) is 7.25. The molecule has 0 radical (unpaired) electrons. The predicted molar refractivity (Wildman–Crippen MR) is 80.7 cm³/mol. The molecule has 0 aliphatic carbocycles. The topological polar surface area (TPSA) is 125 Å². The summed E-state index contributed by atoms with van der Waals surface area (Å²) in [4.78, 5) is 10.8. The number of benzene rings is 1. The van der Waals surface area contributed by atoms with E-state index in [1.54, 1.807) is 7.11 Å². The van der Waals surface area contributed by atoms with E-state index in [4.69, 9.17) is 14.9 Å². The van der Waals surface area contributed by atoms with Gasteiger partial charge in [0.1, 0.15) is 4.90 Å². The van der Waals surface area contributed by atoms with Crippen molar-refractivity contribution in [1.82, 2.24) is 4.72 Å². The predicted octanol–water partition coefficient (Wildman–Crippen LogP) is 0.104. The fourth-order valence-electron chi connectivity index (χ4n) is 1.72. The molecule has 0 bridgehead atoms. The molecule has 9 heteroatoms. The number of carboxylic acids is 1. The first kappa shape index (κ1) is 18.4. The third-order valence-electron chi connectivity index (χ3n) is 2.76. The van der Waals surface area contributed by atoms with Gasteiger partial charge in [-0.25, -0.2) is 17.9 Å². The number of aromatic carboxylic acids is 1. The van der Waals surface area contributed by atoms with Gasteiger partial charge >= 0.3 is 5.97 Å². The summed E-state index contributed by atoms with van der Waals surface area (Å²) >= 11 is 0. The molecule has 0 saturated heterocycles. The fraction of sp³-hybridized carbons (Fsp3) is 0.462. The van der Waals surface area contributed by atoms with E-state index in [1.165, 1.54) is 12.1 Å². The molecule has 0 fully saturated rings. The van der Waals surface area contributed by atoms with Crippen molar-refractivity contribution in [2.24, 2.45) is 0 Å². The van der Waals surface area contributed by atoms with Crippen LogP contribution in [0.4, 0.5) is 5.69 Å². The van der Waals surface area contributed by atoms with Gasteiger partial charge in [0.25, 0.3) is 0 Å². The molecule has 0 spiro atoms. The molecule has 124 valence electrons. The van der Waals surface area contributed by atoms with Gasteiger partial charge in [0.15, 0.2) is 0 Å². The molecule has 1 aromatic rings. The monoisotopic (exact) mass is 332 g/mol. The van der Waals surface area contributed by atoms with Crippen LogP contribution >= 0.6 is 0 Å². The molecule has 0 amide bonds. The Bertz CT molecular complexity index is 603. The highest BCUT2D eigenvalue weighted by atomic mass is 32.2. The SMILES string of the molecule is COCCCNc1ccc(C(=O)O)cc1S(=O)(=O)NCCO. The number of aliphatic hydroxyl groups excluding tert-OH is 1. The average Bonchev–Trinajstić information content (AvgIpc) is 2.49. The van der Waals surface area contributed by atoms with Crippen molar-refractivity contribution in [2.45, 2.75) is 11.3 Å². The second kappa shape index (κ2) is 8.69. The highest BCUT2D eigenvalue weighted by Gasteiger charge is 2.20. The molecular formula is C13H20N2O6S. The molecule has 8 nitrogen and oxygen atoms in total. The van der Waals surface area contributed by atoms with Crippen molar-refractivity contribution in [3.63, 3.8) is 0 Å². The number of carbonyl (C=O) groups is 1. The number of methoxy groups -OCH3 is 1. The van der Waals surface area contributed by atoms with E-state index in [0.717, 1.165) is 6.07 Å². The lowest BCUT2D eigenvalue weighted by atomic mass is 10.2. The van der Waals surface area contributed by atoms with Gasteiger partial charge in [-0.3, -0.25) is 0 Å². The van der Waals surface area contributed by atoms with Crippen molar-refractivity contribution in [3.05, 3.63) is 23.8 Å². The van der Waals surface area contributed by atoms with Crippen LogP contribution in [0.1, 0.15) is 16.8 Å². The molecular weight excluding hydrogens is 312 g/mol. The van der Waals surface area contributed by atoms with Crippen LogP contribution < -0.4 is 10.0 Å². The van der Waals surface area contributed by atoms with Gasteiger partial charge in [0.2, 0.25) is 10.0 Å². The summed E-state index contributed by atoms with van der Waals surface area (Å²) in [5.41, 5.74) is 0.165. The zero-order chi connectivity index (χ0) is 16.6. The van der Waals surface area contributed by atoms with Crippen molar-refractivity contribution in [1.29, 1.82) is 0 Å². The smallest absolute Gasteiger partial charge is 0.335 e. The van der Waals surface area contributed by atoms with E-state index in [2.05, 4.69) is 10.0 Å². The molecule has 4 N–H and O–H groups in total. The summed E-state index contributed by atoms with van der Waals surface area (Å²) in [6.45, 7) is 0.491. The van der Waals surface area contributed by atoms with Gasteiger partial charge in [0.05, 0.1) is 17.9 Å². The lowest BCUT2D eigenvalue weighted by Crippen LogP contribution is -2.27. The van der Waals surface area contributed by atoms with Crippen LogP contribution in [-0.2, 0) is 14.8 Å². The number of nitrogens with one attached hydrogen (secondary N) is 2. The van der Waals surface area contributed by atoms with Crippen molar-refractivity contribution in [2.75, 3.05) is 38.7 Å². The highest BCUT2D eigenvalue weighted by Crippen LogP contribution is 2.23. The second-order valence-corrected chi connectivity index (χ2v) is 6.15. The Labute approximate surface area is 129 Å². The number of hydrogen-bond acceptors (Lipinski definition) is 6. The van der Waals surface area contributed by atoms with Crippen LogP contribution in [0.25, 0.3) is 0 Å². The van der Waals surface area contributed by atoms with Gasteiger partial charge in [-0.15, -0.1) is 0 Å². The Morgan fingerprint density at radius 1 is 1.32 bits per heavy atom. The van der Waals surface area contributed by atoms with Gasteiger partial charge in [-0.1, -0.05) is 0 Å². The summed E-state index contributed by atoms with van der Waals surface area (Å²) in [6.07, 6.45) is 0.667. The van der Waals surface area contributed by atoms with Crippen LogP contribution in [-0.4, -0.2) is 58.0 Å². The summed E-state index contributed by atoms with van der Waals surface area (Å²) in [5.74, 6) is -1.22. The van der Waals surface area contributed by atoms with Gasteiger partial charge in [-0.2, -0.15) is 0 Å². The number of aliphatic hydroxyl groups is 1. The number of rotatable bonds is 10. The number of anilines is 1. The van der Waals surface area contributed by atoms with E-state index >= 15 is 0 Å². The minimum atomic E-state index is -3.92. The van der Waals surface area contributed by atoms with Gasteiger partial charge in [-0.05, 0) is 24.6 Å². The Morgan fingerprint density at radius 2 is 2.05 bits per heavy atom. The second-order valence-electron chi connectivity index (χ2n) is 4.41. The zero-order valence-electron chi connectivity index (χ0n) is 12.2. The maximum Gasteiger partial charge on any atom is 0.335 e.